The highest BCUT2D eigenvalue weighted by atomic mass is 31.2. The van der Waals surface area contributed by atoms with Crippen molar-refractivity contribution in [3.8, 4) is 0 Å². The molecule has 0 aliphatic carbocycles. The number of anilines is 1. The summed E-state index contributed by atoms with van der Waals surface area (Å²) >= 11 is 0. The largest absolute Gasteiger partial charge is 0.388 e. The van der Waals surface area contributed by atoms with Gasteiger partial charge in [-0.25, -0.2) is 15.0 Å². The second-order valence-corrected chi connectivity index (χ2v) is 6.90. The van der Waals surface area contributed by atoms with Gasteiger partial charge in [0.25, 0.3) is 0 Å². The summed E-state index contributed by atoms with van der Waals surface area (Å²) in [7, 11) is -4.41. The zero-order chi connectivity index (χ0) is 17.5. The van der Waals surface area contributed by atoms with Crippen molar-refractivity contribution in [2.45, 2.75) is 24.5 Å². The fourth-order valence-corrected chi connectivity index (χ4v) is 2.89. The number of nitrogens with zero attached hydrogens (tertiary/aromatic N) is 4. The van der Waals surface area contributed by atoms with Crippen molar-refractivity contribution in [3.63, 3.8) is 0 Å². The second kappa shape index (κ2) is 5.88. The Morgan fingerprint density at radius 2 is 2.29 bits per heavy atom. The van der Waals surface area contributed by atoms with Gasteiger partial charge in [0, 0.05) is 6.42 Å². The molecular weight excluding hydrogens is 341 g/mol. The van der Waals surface area contributed by atoms with Crippen LogP contribution in [-0.4, -0.2) is 52.7 Å². The molecule has 0 radical (unpaired) electrons. The van der Waals surface area contributed by atoms with Crippen LogP contribution in [0.1, 0.15) is 12.6 Å². The average Bonchev–Trinajstić information content (AvgIpc) is 3.07. The Kier molecular flexibility index (Phi) is 4.16. The average molecular weight is 357 g/mol. The smallest absolute Gasteiger partial charge is 0.351 e. The molecule has 0 saturated carbocycles. The minimum Gasteiger partial charge on any atom is -0.388 e. The molecule has 24 heavy (non-hydrogen) atoms. The molecule has 3 atom stereocenters. The molecule has 0 unspecified atom stereocenters. The van der Waals surface area contributed by atoms with E-state index >= 15 is 0 Å². The lowest BCUT2D eigenvalue weighted by Crippen LogP contribution is -2.30. The third-order valence-electron chi connectivity index (χ3n) is 3.59. The number of nitrogen functional groups attached to an aromatic ring is 1. The summed E-state index contributed by atoms with van der Waals surface area (Å²) in [6.45, 7) is 3.56. The molecule has 0 spiro atoms. The normalized spacial score (nSPS) is 27.6. The van der Waals surface area contributed by atoms with Crippen molar-refractivity contribution in [2.75, 3.05) is 12.1 Å². The molecule has 3 heterocycles. The van der Waals surface area contributed by atoms with Gasteiger partial charge in [0.1, 0.15) is 17.9 Å². The van der Waals surface area contributed by atoms with Gasteiger partial charge in [-0.3, -0.25) is 9.13 Å². The standard InChI is InChI=1S/C12H16N5O6P/c1-2-12(22-6-24(19,20)21)3-7(18)11(23-12)17-5-16-8-9(13)14-4-15-10(8)17/h2,4-5,7,11,18H,1,3,6H2,(H2,13,14,15)(H2,19,20,21)/t7-,11-,12+/m1/s1. The number of hydrogen-bond donors (Lipinski definition) is 4. The number of hydrogen-bond acceptors (Lipinski definition) is 8. The Labute approximate surface area is 135 Å². The summed E-state index contributed by atoms with van der Waals surface area (Å²) < 4.78 is 23.3. The first kappa shape index (κ1) is 17.0. The maximum Gasteiger partial charge on any atom is 0.351 e. The van der Waals surface area contributed by atoms with Gasteiger partial charge in [0.2, 0.25) is 0 Å². The lowest BCUT2D eigenvalue weighted by Gasteiger charge is -2.26. The summed E-state index contributed by atoms with van der Waals surface area (Å²) in [5, 5.41) is 10.3. The molecule has 2 aromatic rings. The third kappa shape index (κ3) is 3.05. The van der Waals surface area contributed by atoms with Crippen molar-refractivity contribution in [1.82, 2.24) is 19.5 Å². The number of fused-ring (bicyclic) bond motifs is 1. The minimum absolute atomic E-state index is 0.0680. The maximum atomic E-state index is 11.0. The molecule has 0 aromatic carbocycles. The topological polar surface area (TPSA) is 166 Å². The molecular formula is C12H16N5O6P. The van der Waals surface area contributed by atoms with Crippen molar-refractivity contribution in [3.05, 3.63) is 25.3 Å². The Balaban J connectivity index is 1.90. The predicted molar refractivity (Wildman–Crippen MR) is 81.4 cm³/mol. The predicted octanol–water partition coefficient (Wildman–Crippen LogP) is -0.278. The fourth-order valence-electron chi connectivity index (χ4n) is 2.50. The van der Waals surface area contributed by atoms with Crippen molar-refractivity contribution in [2.24, 2.45) is 0 Å². The van der Waals surface area contributed by atoms with E-state index in [2.05, 4.69) is 21.5 Å². The van der Waals surface area contributed by atoms with Crippen LogP contribution in [0.4, 0.5) is 5.82 Å². The van der Waals surface area contributed by atoms with Crippen molar-refractivity contribution < 1.29 is 28.9 Å². The van der Waals surface area contributed by atoms with Gasteiger partial charge in [-0.15, -0.1) is 0 Å². The van der Waals surface area contributed by atoms with Crippen molar-refractivity contribution >= 4 is 24.6 Å². The lowest BCUT2D eigenvalue weighted by atomic mass is 10.1. The van der Waals surface area contributed by atoms with Crippen LogP contribution in [0.3, 0.4) is 0 Å². The second-order valence-electron chi connectivity index (χ2n) is 5.32. The number of nitrogens with two attached hydrogens (primary N) is 1. The van der Waals surface area contributed by atoms with Gasteiger partial charge >= 0.3 is 7.60 Å². The first-order valence-corrected chi connectivity index (χ1v) is 8.65. The lowest BCUT2D eigenvalue weighted by molar-refractivity contribution is -0.200. The van der Waals surface area contributed by atoms with E-state index in [4.69, 9.17) is 25.0 Å². The van der Waals surface area contributed by atoms with Crippen LogP contribution in [0, 0.1) is 0 Å². The van der Waals surface area contributed by atoms with E-state index in [0.717, 1.165) is 0 Å². The Hall–Kier alpha value is -1.88. The maximum absolute atomic E-state index is 11.0. The zero-order valence-electron chi connectivity index (χ0n) is 12.4. The van der Waals surface area contributed by atoms with E-state index in [-0.39, 0.29) is 12.2 Å². The Morgan fingerprint density at radius 1 is 1.54 bits per heavy atom. The number of aliphatic hydroxyl groups is 1. The van der Waals surface area contributed by atoms with Gasteiger partial charge < -0.3 is 30.1 Å². The highest BCUT2D eigenvalue weighted by molar-refractivity contribution is 7.51. The highest BCUT2D eigenvalue weighted by Gasteiger charge is 2.47. The van der Waals surface area contributed by atoms with E-state index < -0.39 is 32.1 Å². The first-order valence-electron chi connectivity index (χ1n) is 6.86. The van der Waals surface area contributed by atoms with Gasteiger partial charge in [0.15, 0.2) is 29.8 Å². The number of rotatable bonds is 5. The number of ether oxygens (including phenoxy) is 2. The molecule has 11 nitrogen and oxygen atoms in total. The van der Waals surface area contributed by atoms with Crippen molar-refractivity contribution in [1.29, 1.82) is 0 Å². The van der Waals surface area contributed by atoms with Crippen LogP contribution in [-0.2, 0) is 14.0 Å². The van der Waals surface area contributed by atoms with E-state index in [1.165, 1.54) is 23.3 Å². The Morgan fingerprint density at radius 3 is 2.96 bits per heavy atom. The van der Waals surface area contributed by atoms with E-state index in [9.17, 15) is 9.67 Å². The molecule has 0 bridgehead atoms. The molecule has 0 amide bonds. The van der Waals surface area contributed by atoms with E-state index in [1.54, 1.807) is 0 Å². The molecule has 130 valence electrons. The summed E-state index contributed by atoms with van der Waals surface area (Å²) in [6.07, 6.45) is 0.953. The summed E-state index contributed by atoms with van der Waals surface area (Å²) in [5.74, 6) is -1.36. The van der Waals surface area contributed by atoms with E-state index in [1.807, 2.05) is 0 Å². The molecule has 2 aromatic heterocycles. The molecule has 3 rings (SSSR count). The summed E-state index contributed by atoms with van der Waals surface area (Å²) in [4.78, 5) is 29.9. The van der Waals surface area contributed by atoms with Gasteiger partial charge in [-0.05, 0) is 6.08 Å². The number of aromatic nitrogens is 4. The number of imidazole rings is 1. The molecule has 5 N–H and O–H groups in total. The van der Waals surface area contributed by atoms with Crippen LogP contribution in [0.25, 0.3) is 11.2 Å². The molecule has 1 aliphatic rings. The quantitative estimate of drug-likeness (QED) is 0.413. The number of aliphatic hydroxyl groups excluding tert-OH is 1. The molecule has 1 saturated heterocycles. The highest BCUT2D eigenvalue weighted by Crippen LogP contribution is 2.43. The van der Waals surface area contributed by atoms with Gasteiger partial charge in [-0.2, -0.15) is 0 Å². The zero-order valence-corrected chi connectivity index (χ0v) is 13.3. The molecule has 1 fully saturated rings. The van der Waals surface area contributed by atoms with E-state index in [0.29, 0.717) is 11.2 Å². The van der Waals surface area contributed by atoms with Crippen LogP contribution in [0.15, 0.2) is 25.3 Å². The van der Waals surface area contributed by atoms with Crippen LogP contribution < -0.4 is 5.73 Å². The molecule has 12 heteroatoms. The SMILES string of the molecule is C=C[C@@]1(OCP(=O)(O)O)C[C@@H](O)[C@H](n2cnc3c(N)ncnc32)O1. The summed E-state index contributed by atoms with van der Waals surface area (Å²) in [6, 6.07) is 0. The van der Waals surface area contributed by atoms with Gasteiger partial charge in [0.05, 0.1) is 6.33 Å². The monoisotopic (exact) mass is 357 g/mol. The fraction of sp³-hybridized carbons (Fsp3) is 0.417. The van der Waals surface area contributed by atoms with Crippen LogP contribution in [0.5, 0.6) is 0 Å². The third-order valence-corrected chi connectivity index (χ3v) is 4.06. The van der Waals surface area contributed by atoms with Crippen LogP contribution in [0.2, 0.25) is 0 Å². The first-order chi connectivity index (χ1) is 11.2. The summed E-state index contributed by atoms with van der Waals surface area (Å²) in [5.41, 5.74) is 6.42. The van der Waals surface area contributed by atoms with Crippen LogP contribution >= 0.6 is 7.60 Å². The van der Waals surface area contributed by atoms with Gasteiger partial charge in [-0.1, -0.05) is 6.58 Å². The molecule has 1 aliphatic heterocycles. The Bertz CT molecular complexity index is 821. The minimum atomic E-state index is -4.41.